The van der Waals surface area contributed by atoms with Gasteiger partial charge in [-0.3, -0.25) is 0 Å². The first-order valence-corrected chi connectivity index (χ1v) is 14.2. The van der Waals surface area contributed by atoms with Gasteiger partial charge in [0.25, 0.3) is 0 Å². The van der Waals surface area contributed by atoms with Gasteiger partial charge in [-0.15, -0.1) is 0 Å². The standard InChI is InChI=1S/C21H17.2ClH.Zr/c1-2-15-13-17-9-6-12-20(21(17)14-15)19-11-5-8-16-7-3-4-10-18(16)19;;;/h3-14H,2H2,1H3;2*1H;/q;;;+2/p-2. The van der Waals surface area contributed by atoms with E-state index in [0.29, 0.717) is 0 Å². The van der Waals surface area contributed by atoms with E-state index in [9.17, 15) is 0 Å². The first-order chi connectivity index (χ1) is 11.8. The van der Waals surface area contributed by atoms with Crippen LogP contribution in [-0.4, -0.2) is 0 Å². The molecular weight excluding hydrogens is 414 g/mol. The van der Waals surface area contributed by atoms with Gasteiger partial charge in [0.1, 0.15) is 0 Å². The molecule has 1 aliphatic carbocycles. The quantitative estimate of drug-likeness (QED) is 0.401. The average Bonchev–Trinajstić information content (AvgIpc) is 3.05. The second kappa shape index (κ2) is 8.48. The predicted octanol–water partition coefficient (Wildman–Crippen LogP) is 7.24. The molecule has 0 saturated heterocycles. The van der Waals surface area contributed by atoms with E-state index in [1.165, 1.54) is 38.6 Å². The minimum atomic E-state index is -0.826. The molecular formula is C21H17Cl2Zr. The Labute approximate surface area is 162 Å². The van der Waals surface area contributed by atoms with Crippen LogP contribution in [0.5, 0.6) is 0 Å². The van der Waals surface area contributed by atoms with Gasteiger partial charge in [0.15, 0.2) is 0 Å². The number of hydrogen-bond donors (Lipinski definition) is 0. The molecule has 0 atom stereocenters. The van der Waals surface area contributed by atoms with Gasteiger partial charge < -0.3 is 0 Å². The molecule has 0 aliphatic heterocycles. The Morgan fingerprint density at radius 3 is 2.29 bits per heavy atom. The van der Waals surface area contributed by atoms with E-state index < -0.39 is 20.8 Å². The summed E-state index contributed by atoms with van der Waals surface area (Å²) in [4.78, 5) is 0. The molecule has 0 fully saturated rings. The van der Waals surface area contributed by atoms with Crippen LogP contribution >= 0.6 is 17.0 Å². The fourth-order valence-corrected chi connectivity index (χ4v) is 3.20. The summed E-state index contributed by atoms with van der Waals surface area (Å²) in [5, 5.41) is 2.63. The van der Waals surface area contributed by atoms with Gasteiger partial charge in [0, 0.05) is 6.42 Å². The van der Waals surface area contributed by atoms with Gasteiger partial charge in [0.05, 0.1) is 0 Å². The molecule has 1 radical (unpaired) electrons. The topological polar surface area (TPSA) is 0 Å². The van der Waals surface area contributed by atoms with Crippen molar-refractivity contribution in [1.82, 2.24) is 0 Å². The summed E-state index contributed by atoms with van der Waals surface area (Å²) in [5.74, 6) is 0. The van der Waals surface area contributed by atoms with Crippen molar-refractivity contribution >= 4 is 33.9 Å². The van der Waals surface area contributed by atoms with E-state index in [-0.39, 0.29) is 0 Å². The molecule has 24 heavy (non-hydrogen) atoms. The number of allylic oxidation sites excluding steroid dienone is 1. The molecule has 4 rings (SSSR count). The Kier molecular flexibility index (Phi) is 6.33. The Morgan fingerprint density at radius 2 is 1.50 bits per heavy atom. The van der Waals surface area contributed by atoms with Gasteiger partial charge in [-0.25, -0.2) is 0 Å². The first-order valence-electron chi connectivity index (χ1n) is 7.91. The molecule has 0 unspecified atom stereocenters. The second-order valence-corrected chi connectivity index (χ2v) is 9.36. The van der Waals surface area contributed by atoms with Crippen LogP contribution in [0.15, 0.2) is 66.2 Å². The third-order valence-electron chi connectivity index (χ3n) is 4.30. The molecule has 0 bridgehead atoms. The van der Waals surface area contributed by atoms with E-state index in [2.05, 4.69) is 80.1 Å². The Morgan fingerprint density at radius 1 is 0.833 bits per heavy atom. The van der Waals surface area contributed by atoms with Gasteiger partial charge >= 0.3 is 37.9 Å². The molecule has 3 heteroatoms. The Hall–Kier alpha value is -0.877. The van der Waals surface area contributed by atoms with Crippen molar-refractivity contribution < 1.29 is 20.8 Å². The molecule has 119 valence electrons. The van der Waals surface area contributed by atoms with Crippen molar-refractivity contribution in [2.45, 2.75) is 13.3 Å². The van der Waals surface area contributed by atoms with E-state index in [1.807, 2.05) is 0 Å². The van der Waals surface area contributed by atoms with E-state index in [0.717, 1.165) is 6.42 Å². The summed E-state index contributed by atoms with van der Waals surface area (Å²) in [7, 11) is 9.87. The maximum atomic E-state index is 4.93. The van der Waals surface area contributed by atoms with Crippen molar-refractivity contribution in [3.8, 4) is 11.1 Å². The summed E-state index contributed by atoms with van der Waals surface area (Å²) in [5.41, 5.74) is 6.79. The molecule has 3 aromatic carbocycles. The zero-order valence-electron chi connectivity index (χ0n) is 13.4. The summed E-state index contributed by atoms with van der Waals surface area (Å²) in [6.07, 6.45) is 5.74. The first kappa shape index (κ1) is 17.9. The van der Waals surface area contributed by atoms with Crippen LogP contribution in [0.25, 0.3) is 28.0 Å². The van der Waals surface area contributed by atoms with Crippen LogP contribution in [0.4, 0.5) is 0 Å². The summed E-state index contributed by atoms with van der Waals surface area (Å²) in [6.45, 7) is 2.21. The van der Waals surface area contributed by atoms with Crippen LogP contribution in [-0.2, 0) is 20.8 Å². The molecule has 0 nitrogen and oxygen atoms in total. The Balaban J connectivity index is 0.000000526. The van der Waals surface area contributed by atoms with Gasteiger partial charge in [-0.1, -0.05) is 79.2 Å². The van der Waals surface area contributed by atoms with Crippen LogP contribution in [0.2, 0.25) is 0 Å². The number of hydrogen-bond acceptors (Lipinski definition) is 0. The molecule has 0 aromatic heterocycles. The van der Waals surface area contributed by atoms with Crippen molar-refractivity contribution in [2.75, 3.05) is 0 Å². The van der Waals surface area contributed by atoms with E-state index in [4.69, 9.17) is 17.0 Å². The number of halogens is 2. The van der Waals surface area contributed by atoms with Crippen molar-refractivity contribution in [2.24, 2.45) is 0 Å². The zero-order chi connectivity index (χ0) is 16.9. The number of fused-ring (bicyclic) bond motifs is 2. The fourth-order valence-electron chi connectivity index (χ4n) is 3.20. The SMILES string of the molecule is CCC1=Cc2c(cccc2-c2cccc3ccccc23)[CH]1.[Cl][Zr][Cl]. The number of rotatable bonds is 2. The second-order valence-electron chi connectivity index (χ2n) is 5.62. The predicted molar refractivity (Wildman–Crippen MR) is 103 cm³/mol. The van der Waals surface area contributed by atoms with Gasteiger partial charge in [-0.05, 0) is 39.4 Å². The summed E-state index contributed by atoms with van der Waals surface area (Å²) >= 11 is -0.826. The van der Waals surface area contributed by atoms with Crippen LogP contribution in [0, 0.1) is 6.42 Å². The third kappa shape index (κ3) is 3.69. The molecule has 1 aliphatic rings. The van der Waals surface area contributed by atoms with Crippen molar-refractivity contribution in [1.29, 1.82) is 0 Å². The molecule has 0 N–H and O–H groups in total. The third-order valence-corrected chi connectivity index (χ3v) is 4.30. The normalized spacial score (nSPS) is 12.2. The summed E-state index contributed by atoms with van der Waals surface area (Å²) < 4.78 is 0. The van der Waals surface area contributed by atoms with Crippen LogP contribution in [0.3, 0.4) is 0 Å². The van der Waals surface area contributed by atoms with Gasteiger partial charge in [-0.2, -0.15) is 0 Å². The maximum absolute atomic E-state index is 4.93. The zero-order valence-corrected chi connectivity index (χ0v) is 17.4. The molecule has 0 amide bonds. The molecule has 0 heterocycles. The van der Waals surface area contributed by atoms with E-state index in [1.54, 1.807) is 0 Å². The minimum absolute atomic E-state index is 0.826. The van der Waals surface area contributed by atoms with Crippen LogP contribution in [0.1, 0.15) is 24.5 Å². The average molecular weight is 431 g/mol. The molecule has 3 aromatic rings. The van der Waals surface area contributed by atoms with Gasteiger partial charge in [0.2, 0.25) is 0 Å². The number of benzene rings is 3. The monoisotopic (exact) mass is 429 g/mol. The summed E-state index contributed by atoms with van der Waals surface area (Å²) in [6, 6.07) is 21.8. The molecule has 0 spiro atoms. The fraction of sp³-hybridized carbons (Fsp3) is 0.0952. The molecule has 0 saturated carbocycles. The van der Waals surface area contributed by atoms with Crippen molar-refractivity contribution in [3.05, 3.63) is 83.8 Å². The van der Waals surface area contributed by atoms with E-state index >= 15 is 0 Å². The van der Waals surface area contributed by atoms with Crippen LogP contribution < -0.4 is 0 Å². The van der Waals surface area contributed by atoms with Crippen molar-refractivity contribution in [3.63, 3.8) is 0 Å². The Bertz CT molecular complexity index is 879.